The first-order valence-electron chi connectivity index (χ1n) is 10.8. The van der Waals surface area contributed by atoms with Gasteiger partial charge in [0.1, 0.15) is 0 Å². The van der Waals surface area contributed by atoms with E-state index in [1.807, 2.05) is 0 Å². The fourth-order valence-electron chi connectivity index (χ4n) is 4.08. The van der Waals surface area contributed by atoms with Crippen LogP contribution in [-0.4, -0.2) is 53.7 Å². The van der Waals surface area contributed by atoms with Crippen molar-refractivity contribution in [3.8, 4) is 0 Å². The molecule has 1 heterocycles. The summed E-state index contributed by atoms with van der Waals surface area (Å²) in [7, 11) is 0. The number of ketones is 2. The molecule has 1 aromatic rings. The molecule has 1 aliphatic rings. The van der Waals surface area contributed by atoms with Crippen LogP contribution in [0.2, 0.25) is 0 Å². The van der Waals surface area contributed by atoms with Crippen molar-refractivity contribution in [3.05, 3.63) is 28.8 Å². The van der Waals surface area contributed by atoms with Crippen molar-refractivity contribution in [2.75, 3.05) is 18.8 Å². The van der Waals surface area contributed by atoms with Gasteiger partial charge in [-0.15, -0.1) is 0 Å². The zero-order valence-corrected chi connectivity index (χ0v) is 18.4. The maximum Gasteiger partial charge on any atom is 0.454 e. The number of hydrogen-bond donors (Lipinski definition) is 3. The summed E-state index contributed by atoms with van der Waals surface area (Å²) in [5.74, 6) is -3.67. The molecule has 2 rings (SSSR count). The Hall–Kier alpha value is -2.46. The number of rotatable bonds is 9. The third-order valence-electron chi connectivity index (χ3n) is 5.75. The maximum atomic E-state index is 13.5. The third-order valence-corrected chi connectivity index (χ3v) is 5.75. The number of anilines is 1. The summed E-state index contributed by atoms with van der Waals surface area (Å²) in [6, 6.07) is 0.828. The Morgan fingerprint density at radius 3 is 2.38 bits per heavy atom. The fraction of sp³-hybridized carbons (Fsp3) is 0.591. The topological polar surface area (TPSA) is 133 Å². The first kappa shape index (κ1) is 25.8. The molecule has 7 nitrogen and oxygen atoms in total. The molecule has 10 heteroatoms. The Kier molecular flexibility index (Phi) is 8.41. The molecule has 2 atom stereocenters. The van der Waals surface area contributed by atoms with Gasteiger partial charge in [-0.3, -0.25) is 14.4 Å². The van der Waals surface area contributed by atoms with Gasteiger partial charge in [0.25, 0.3) is 5.78 Å². The molecule has 0 bridgehead atoms. The number of unbranched alkanes of at least 4 members (excludes halogenated alkanes) is 1. The molecule has 178 valence electrons. The van der Waals surface area contributed by atoms with E-state index in [4.69, 9.17) is 17.2 Å². The number of halogens is 3. The van der Waals surface area contributed by atoms with E-state index in [0.717, 1.165) is 0 Å². The lowest BCUT2D eigenvalue weighted by Crippen LogP contribution is -2.49. The normalized spacial score (nSPS) is 17.6. The van der Waals surface area contributed by atoms with Gasteiger partial charge in [-0.1, -0.05) is 26.3 Å². The Labute approximate surface area is 185 Å². The summed E-state index contributed by atoms with van der Waals surface area (Å²) in [6.45, 7) is 4.14. The predicted octanol–water partition coefficient (Wildman–Crippen LogP) is 2.77. The number of carbonyl (C=O) groups excluding carboxylic acids is 3. The average molecular weight is 457 g/mol. The minimum absolute atomic E-state index is 0.266. The lowest BCUT2D eigenvalue weighted by atomic mass is 9.85. The van der Waals surface area contributed by atoms with E-state index in [-0.39, 0.29) is 30.0 Å². The quantitative estimate of drug-likeness (QED) is 0.297. The Morgan fingerprint density at radius 2 is 1.81 bits per heavy atom. The summed E-state index contributed by atoms with van der Waals surface area (Å²) in [4.78, 5) is 40.0. The van der Waals surface area contributed by atoms with Gasteiger partial charge in [0.2, 0.25) is 5.91 Å². The molecule has 0 radical (unpaired) electrons. The highest BCUT2D eigenvalue weighted by Gasteiger charge is 2.45. The molecule has 6 N–H and O–H groups in total. The second kappa shape index (κ2) is 10.4. The van der Waals surface area contributed by atoms with Crippen LogP contribution >= 0.6 is 0 Å². The van der Waals surface area contributed by atoms with E-state index in [0.29, 0.717) is 32.2 Å². The lowest BCUT2D eigenvalue weighted by Gasteiger charge is -2.28. The standard InChI is InChI=1S/C22H31F3N4O3/c1-12(2)13-8-9-14(27)18(20(31)22(23,24)25)17(13)19(30)16-7-5-11-29(16)21(32)15(28)6-3-4-10-26/h8-9,12,15-16H,3-7,10-11,26-28H2,1-2H3/t15?,16-/m0/s1. The second-order valence-electron chi connectivity index (χ2n) is 8.42. The van der Waals surface area contributed by atoms with Crippen LogP contribution in [-0.2, 0) is 4.79 Å². The largest absolute Gasteiger partial charge is 0.454 e. The molecule has 0 aliphatic carbocycles. The molecular weight excluding hydrogens is 425 g/mol. The highest BCUT2D eigenvalue weighted by atomic mass is 19.4. The van der Waals surface area contributed by atoms with E-state index in [2.05, 4.69) is 0 Å². The van der Waals surface area contributed by atoms with E-state index in [9.17, 15) is 27.6 Å². The fourth-order valence-corrected chi connectivity index (χ4v) is 4.08. The molecule has 32 heavy (non-hydrogen) atoms. The molecule has 1 aromatic carbocycles. The van der Waals surface area contributed by atoms with Crippen LogP contribution in [0.4, 0.5) is 18.9 Å². The van der Waals surface area contributed by atoms with Crippen molar-refractivity contribution in [3.63, 3.8) is 0 Å². The Morgan fingerprint density at radius 1 is 1.16 bits per heavy atom. The highest BCUT2D eigenvalue weighted by molar-refractivity contribution is 6.16. The van der Waals surface area contributed by atoms with Crippen LogP contribution in [0.3, 0.4) is 0 Å². The molecule has 1 saturated heterocycles. The Balaban J connectivity index is 2.48. The second-order valence-corrected chi connectivity index (χ2v) is 8.42. The molecular formula is C22H31F3N4O3. The average Bonchev–Trinajstić information content (AvgIpc) is 3.20. The number of likely N-dealkylation sites (tertiary alicyclic amines) is 1. The van der Waals surface area contributed by atoms with Crippen molar-refractivity contribution in [1.82, 2.24) is 4.90 Å². The van der Waals surface area contributed by atoms with Crippen LogP contribution in [0.15, 0.2) is 12.1 Å². The Bertz CT molecular complexity index is 871. The maximum absolute atomic E-state index is 13.5. The first-order valence-corrected chi connectivity index (χ1v) is 10.8. The van der Waals surface area contributed by atoms with Gasteiger partial charge in [-0.05, 0) is 49.8 Å². The molecule has 1 aliphatic heterocycles. The number of benzene rings is 1. The van der Waals surface area contributed by atoms with Gasteiger partial charge in [0.15, 0.2) is 5.78 Å². The molecule has 1 amide bonds. The van der Waals surface area contributed by atoms with Crippen LogP contribution < -0.4 is 17.2 Å². The van der Waals surface area contributed by atoms with Gasteiger partial charge in [-0.25, -0.2) is 0 Å². The lowest BCUT2D eigenvalue weighted by molar-refractivity contribution is -0.132. The van der Waals surface area contributed by atoms with E-state index in [1.54, 1.807) is 13.8 Å². The van der Waals surface area contributed by atoms with Gasteiger partial charge in [0, 0.05) is 17.8 Å². The van der Waals surface area contributed by atoms with Crippen LogP contribution in [0.1, 0.15) is 78.1 Å². The summed E-state index contributed by atoms with van der Waals surface area (Å²) in [6.07, 6.45) is -2.69. The molecule has 0 saturated carbocycles. The van der Waals surface area contributed by atoms with E-state index < -0.39 is 47.0 Å². The number of nitrogen functional groups attached to an aromatic ring is 1. The summed E-state index contributed by atoms with van der Waals surface area (Å²) in [5, 5.41) is 0. The minimum atomic E-state index is -5.20. The summed E-state index contributed by atoms with van der Waals surface area (Å²) >= 11 is 0. The molecule has 1 fully saturated rings. The number of hydrogen-bond acceptors (Lipinski definition) is 6. The minimum Gasteiger partial charge on any atom is -0.398 e. The predicted molar refractivity (Wildman–Crippen MR) is 115 cm³/mol. The van der Waals surface area contributed by atoms with Gasteiger partial charge < -0.3 is 22.1 Å². The van der Waals surface area contributed by atoms with E-state index in [1.165, 1.54) is 17.0 Å². The summed E-state index contributed by atoms with van der Waals surface area (Å²) < 4.78 is 40.0. The first-order chi connectivity index (χ1) is 14.9. The van der Waals surface area contributed by atoms with Crippen molar-refractivity contribution in [1.29, 1.82) is 0 Å². The molecule has 0 aromatic heterocycles. The number of carbonyl (C=O) groups is 3. The van der Waals surface area contributed by atoms with Crippen LogP contribution in [0, 0.1) is 0 Å². The summed E-state index contributed by atoms with van der Waals surface area (Å²) in [5.41, 5.74) is 15.9. The van der Waals surface area contributed by atoms with Crippen molar-refractivity contribution in [2.24, 2.45) is 11.5 Å². The number of nitrogens with zero attached hydrogens (tertiary/aromatic N) is 1. The molecule has 1 unspecified atom stereocenters. The smallest absolute Gasteiger partial charge is 0.398 e. The number of Topliss-reactive ketones (excluding diaryl/α,β-unsaturated/α-hetero) is 2. The number of amides is 1. The van der Waals surface area contributed by atoms with Gasteiger partial charge in [0.05, 0.1) is 17.6 Å². The number of alkyl halides is 3. The monoisotopic (exact) mass is 456 g/mol. The van der Waals surface area contributed by atoms with Gasteiger partial charge in [-0.2, -0.15) is 13.2 Å². The van der Waals surface area contributed by atoms with E-state index >= 15 is 0 Å². The van der Waals surface area contributed by atoms with Crippen molar-refractivity contribution >= 4 is 23.2 Å². The highest BCUT2D eigenvalue weighted by Crippen LogP contribution is 2.35. The van der Waals surface area contributed by atoms with Crippen LogP contribution in [0.25, 0.3) is 0 Å². The SMILES string of the molecule is CC(C)c1ccc(N)c(C(=O)C(F)(F)F)c1C(=O)[C@@H]1CCCN1C(=O)C(N)CCCCN. The van der Waals surface area contributed by atoms with Gasteiger partial charge >= 0.3 is 6.18 Å². The third kappa shape index (κ3) is 5.47. The number of nitrogens with two attached hydrogens (primary N) is 3. The zero-order valence-electron chi connectivity index (χ0n) is 18.4. The van der Waals surface area contributed by atoms with Crippen molar-refractivity contribution < 1.29 is 27.6 Å². The van der Waals surface area contributed by atoms with Crippen LogP contribution in [0.5, 0.6) is 0 Å². The molecule has 0 spiro atoms. The van der Waals surface area contributed by atoms with Crippen molar-refractivity contribution in [2.45, 2.75) is 70.1 Å². The zero-order chi connectivity index (χ0) is 24.2.